The first-order chi connectivity index (χ1) is 12.8. The van der Waals surface area contributed by atoms with Crippen LogP contribution in [0.5, 0.6) is 0 Å². The molecule has 0 bridgehead atoms. The minimum absolute atomic E-state index is 0.107. The Morgan fingerprint density at radius 3 is 2.73 bits per heavy atom. The van der Waals surface area contributed by atoms with Gasteiger partial charge in [-0.05, 0) is 38.1 Å². The van der Waals surface area contributed by atoms with Crippen LogP contribution in [0.25, 0.3) is 10.6 Å². The summed E-state index contributed by atoms with van der Waals surface area (Å²) in [5, 5.41) is 2.85. The van der Waals surface area contributed by atoms with Gasteiger partial charge in [-0.2, -0.15) is 11.8 Å². The Balaban J connectivity index is 1.51. The van der Waals surface area contributed by atoms with Crippen molar-refractivity contribution >= 4 is 29.0 Å². The number of benzene rings is 1. The third kappa shape index (κ3) is 4.13. The predicted octanol–water partition coefficient (Wildman–Crippen LogP) is 3.85. The molecule has 0 saturated carbocycles. The molecular formula is C20H25N3OS2. The number of carbonyl (C=O) groups is 1. The molecule has 4 rings (SSSR count). The van der Waals surface area contributed by atoms with E-state index in [1.54, 1.807) is 11.3 Å². The van der Waals surface area contributed by atoms with Gasteiger partial charge in [-0.1, -0.05) is 30.3 Å². The molecule has 1 atom stereocenters. The maximum absolute atomic E-state index is 13.2. The van der Waals surface area contributed by atoms with Crippen molar-refractivity contribution in [1.82, 2.24) is 14.8 Å². The summed E-state index contributed by atoms with van der Waals surface area (Å²) in [4.78, 5) is 22.5. The van der Waals surface area contributed by atoms with Crippen LogP contribution in [-0.4, -0.2) is 64.4 Å². The Hall–Kier alpha value is -1.37. The molecule has 6 heteroatoms. The molecular weight excluding hydrogens is 362 g/mol. The van der Waals surface area contributed by atoms with Crippen LogP contribution in [-0.2, 0) is 0 Å². The number of rotatable bonds is 4. The van der Waals surface area contributed by atoms with Crippen molar-refractivity contribution in [3.63, 3.8) is 0 Å². The average Bonchev–Trinajstić information content (AvgIpc) is 3.31. The van der Waals surface area contributed by atoms with Gasteiger partial charge in [0.2, 0.25) is 0 Å². The van der Waals surface area contributed by atoms with Crippen molar-refractivity contribution < 1.29 is 4.79 Å². The summed E-state index contributed by atoms with van der Waals surface area (Å²) in [6.45, 7) is 4.22. The van der Waals surface area contributed by atoms with Gasteiger partial charge in [0.05, 0.1) is 6.04 Å². The Morgan fingerprint density at radius 1 is 1.12 bits per heavy atom. The summed E-state index contributed by atoms with van der Waals surface area (Å²) in [6.07, 6.45) is 3.66. The molecule has 2 aliphatic heterocycles. The van der Waals surface area contributed by atoms with Crippen molar-refractivity contribution in [2.45, 2.75) is 25.3 Å². The van der Waals surface area contributed by atoms with Crippen molar-refractivity contribution in [1.29, 1.82) is 0 Å². The number of thiazole rings is 1. The van der Waals surface area contributed by atoms with Gasteiger partial charge in [0.1, 0.15) is 10.7 Å². The summed E-state index contributed by atoms with van der Waals surface area (Å²) in [6, 6.07) is 10.4. The molecule has 0 N–H and O–H groups in total. The summed E-state index contributed by atoms with van der Waals surface area (Å²) in [5.74, 6) is 2.29. The van der Waals surface area contributed by atoms with E-state index in [9.17, 15) is 4.79 Å². The number of thioether (sulfide) groups is 1. The van der Waals surface area contributed by atoms with Crippen molar-refractivity contribution in [2.75, 3.05) is 37.7 Å². The lowest BCUT2D eigenvalue weighted by atomic mass is 10.2. The molecule has 1 aromatic heterocycles. The summed E-state index contributed by atoms with van der Waals surface area (Å²) in [5.41, 5.74) is 1.68. The zero-order chi connectivity index (χ0) is 17.8. The van der Waals surface area contributed by atoms with E-state index in [1.165, 1.54) is 25.9 Å². The van der Waals surface area contributed by atoms with Gasteiger partial charge in [0, 0.05) is 29.8 Å². The van der Waals surface area contributed by atoms with Crippen LogP contribution < -0.4 is 0 Å². The molecule has 138 valence electrons. The molecule has 1 aromatic carbocycles. The molecule has 26 heavy (non-hydrogen) atoms. The van der Waals surface area contributed by atoms with E-state index < -0.39 is 0 Å². The number of nitrogens with zero attached hydrogens (tertiary/aromatic N) is 3. The second kappa shape index (κ2) is 8.55. The van der Waals surface area contributed by atoms with E-state index in [4.69, 9.17) is 0 Å². The predicted molar refractivity (Wildman–Crippen MR) is 110 cm³/mol. The monoisotopic (exact) mass is 387 g/mol. The number of likely N-dealkylation sites (tertiary alicyclic amines) is 1. The van der Waals surface area contributed by atoms with Crippen molar-refractivity contribution in [3.05, 3.63) is 41.4 Å². The molecule has 2 fully saturated rings. The first-order valence-electron chi connectivity index (χ1n) is 9.43. The first-order valence-corrected chi connectivity index (χ1v) is 11.5. The van der Waals surface area contributed by atoms with E-state index in [0.717, 1.165) is 41.6 Å². The number of carbonyl (C=O) groups excluding carboxylic acids is 1. The molecule has 4 nitrogen and oxygen atoms in total. The van der Waals surface area contributed by atoms with Crippen LogP contribution in [0.3, 0.4) is 0 Å². The largest absolute Gasteiger partial charge is 0.332 e. The maximum Gasteiger partial charge on any atom is 0.273 e. The van der Waals surface area contributed by atoms with Crippen LogP contribution in [0.1, 0.15) is 29.8 Å². The number of amides is 1. The molecule has 1 amide bonds. The molecule has 2 aliphatic rings. The molecule has 3 heterocycles. The lowest BCUT2D eigenvalue weighted by Gasteiger charge is -2.32. The highest BCUT2D eigenvalue weighted by Crippen LogP contribution is 2.26. The average molecular weight is 388 g/mol. The molecule has 0 radical (unpaired) electrons. The van der Waals surface area contributed by atoms with Gasteiger partial charge in [-0.25, -0.2) is 4.98 Å². The summed E-state index contributed by atoms with van der Waals surface area (Å²) in [7, 11) is 0. The Morgan fingerprint density at radius 2 is 1.92 bits per heavy atom. The topological polar surface area (TPSA) is 36.4 Å². The third-order valence-corrected chi connectivity index (χ3v) is 7.20. The minimum atomic E-state index is 0.107. The number of hydrogen-bond acceptors (Lipinski definition) is 5. The standard InChI is InChI=1S/C20H25N3OS2/c24-20(18-15-26-19(21-18)16-7-2-1-3-8-16)23-11-6-12-25-14-17(23)13-22-9-4-5-10-22/h1-3,7-8,15,17H,4-6,9-14H2. The normalized spacial score (nSPS) is 21.7. The highest BCUT2D eigenvalue weighted by atomic mass is 32.2. The maximum atomic E-state index is 13.2. The van der Waals surface area contributed by atoms with Crippen LogP contribution in [0.15, 0.2) is 35.7 Å². The zero-order valence-electron chi connectivity index (χ0n) is 15.0. The van der Waals surface area contributed by atoms with E-state index in [2.05, 4.69) is 14.8 Å². The summed E-state index contributed by atoms with van der Waals surface area (Å²) < 4.78 is 0. The van der Waals surface area contributed by atoms with E-state index in [-0.39, 0.29) is 5.91 Å². The lowest BCUT2D eigenvalue weighted by molar-refractivity contribution is 0.0661. The first kappa shape index (κ1) is 18.0. The fraction of sp³-hybridized carbons (Fsp3) is 0.500. The second-order valence-electron chi connectivity index (χ2n) is 6.99. The second-order valence-corrected chi connectivity index (χ2v) is 9.00. The van der Waals surface area contributed by atoms with Gasteiger partial charge in [0.15, 0.2) is 0 Å². The smallest absolute Gasteiger partial charge is 0.273 e. The highest BCUT2D eigenvalue weighted by molar-refractivity contribution is 7.99. The molecule has 1 unspecified atom stereocenters. The Kier molecular flexibility index (Phi) is 5.92. The van der Waals surface area contributed by atoms with Crippen LogP contribution >= 0.6 is 23.1 Å². The van der Waals surface area contributed by atoms with Gasteiger partial charge >= 0.3 is 0 Å². The van der Waals surface area contributed by atoms with Gasteiger partial charge in [-0.3, -0.25) is 4.79 Å². The molecule has 0 aliphatic carbocycles. The summed E-state index contributed by atoms with van der Waals surface area (Å²) >= 11 is 3.55. The van der Waals surface area contributed by atoms with Crippen LogP contribution in [0, 0.1) is 0 Å². The molecule has 2 aromatic rings. The molecule has 2 saturated heterocycles. The fourth-order valence-corrected chi connectivity index (χ4v) is 5.60. The van der Waals surface area contributed by atoms with E-state index >= 15 is 0 Å². The quantitative estimate of drug-likeness (QED) is 0.798. The Bertz CT molecular complexity index is 728. The van der Waals surface area contributed by atoms with Gasteiger partial charge in [0.25, 0.3) is 5.91 Å². The van der Waals surface area contributed by atoms with Gasteiger partial charge < -0.3 is 9.80 Å². The minimum Gasteiger partial charge on any atom is -0.332 e. The van der Waals surface area contributed by atoms with Crippen LogP contribution in [0.4, 0.5) is 0 Å². The number of hydrogen-bond donors (Lipinski definition) is 0. The highest BCUT2D eigenvalue weighted by Gasteiger charge is 2.30. The Labute approximate surface area is 163 Å². The van der Waals surface area contributed by atoms with Crippen LogP contribution in [0.2, 0.25) is 0 Å². The van der Waals surface area contributed by atoms with Crippen molar-refractivity contribution in [3.8, 4) is 10.6 Å². The van der Waals surface area contributed by atoms with Crippen molar-refractivity contribution in [2.24, 2.45) is 0 Å². The third-order valence-electron chi connectivity index (χ3n) is 5.11. The van der Waals surface area contributed by atoms with E-state index in [1.807, 2.05) is 47.5 Å². The lowest BCUT2D eigenvalue weighted by Crippen LogP contribution is -2.47. The number of aromatic nitrogens is 1. The van der Waals surface area contributed by atoms with E-state index in [0.29, 0.717) is 11.7 Å². The molecule has 0 spiro atoms. The SMILES string of the molecule is O=C(c1csc(-c2ccccc2)n1)N1CCCSCC1CN1CCCC1. The zero-order valence-corrected chi connectivity index (χ0v) is 16.6. The van der Waals surface area contributed by atoms with Gasteiger partial charge in [-0.15, -0.1) is 11.3 Å². The fourth-order valence-electron chi connectivity index (χ4n) is 3.74.